The molecule has 1 saturated heterocycles. The van der Waals surface area contributed by atoms with Gasteiger partial charge < -0.3 is 10.2 Å². The largest absolute Gasteiger partial charge is 0.345 e. The van der Waals surface area contributed by atoms with Crippen LogP contribution in [0.2, 0.25) is 0 Å². The first-order valence-electron chi connectivity index (χ1n) is 9.15. The van der Waals surface area contributed by atoms with E-state index in [4.69, 9.17) is 0 Å². The quantitative estimate of drug-likeness (QED) is 0.690. The Bertz CT molecular complexity index is 835. The number of aromatic nitrogens is 3. The lowest BCUT2D eigenvalue weighted by molar-refractivity contribution is -0.134. The number of fused-ring (bicyclic) bond motifs is 1. The highest BCUT2D eigenvalue weighted by atomic mass is 16.2. The molecule has 2 aromatic rings. The lowest BCUT2D eigenvalue weighted by atomic mass is 10.1. The lowest BCUT2D eigenvalue weighted by Gasteiger charge is -2.29. The molecule has 0 aromatic carbocycles. The van der Waals surface area contributed by atoms with Crippen molar-refractivity contribution in [3.8, 4) is 0 Å². The van der Waals surface area contributed by atoms with Crippen LogP contribution in [0.1, 0.15) is 35.2 Å². The molecular weight excluding hydrogens is 346 g/mol. The highest BCUT2D eigenvalue weighted by Gasteiger charge is 2.32. The summed E-state index contributed by atoms with van der Waals surface area (Å²) in [4.78, 5) is 31.1. The van der Waals surface area contributed by atoms with Crippen LogP contribution in [0.15, 0.2) is 30.5 Å². The molecule has 1 fully saturated rings. The lowest BCUT2D eigenvalue weighted by Crippen LogP contribution is -2.48. The molecule has 2 atom stereocenters. The third kappa shape index (κ3) is 3.83. The van der Waals surface area contributed by atoms with E-state index in [1.807, 2.05) is 34.7 Å². The van der Waals surface area contributed by atoms with Gasteiger partial charge in [-0.25, -0.2) is 5.43 Å². The van der Waals surface area contributed by atoms with Gasteiger partial charge in [-0.05, 0) is 31.5 Å². The Kier molecular flexibility index (Phi) is 4.87. The Morgan fingerprint density at radius 3 is 2.93 bits per heavy atom. The van der Waals surface area contributed by atoms with Gasteiger partial charge in [0, 0.05) is 18.8 Å². The Balaban J connectivity index is 1.38. The van der Waals surface area contributed by atoms with Crippen molar-refractivity contribution in [3.63, 3.8) is 0 Å². The van der Waals surface area contributed by atoms with Crippen LogP contribution in [0.4, 0.5) is 0 Å². The molecule has 9 nitrogen and oxygen atoms in total. The van der Waals surface area contributed by atoms with Crippen molar-refractivity contribution in [1.82, 2.24) is 35.8 Å². The van der Waals surface area contributed by atoms with Crippen molar-refractivity contribution in [2.45, 2.75) is 45.1 Å². The Morgan fingerprint density at radius 1 is 1.30 bits per heavy atom. The molecule has 142 valence electrons. The van der Waals surface area contributed by atoms with E-state index in [2.05, 4.69) is 26.3 Å². The van der Waals surface area contributed by atoms with Crippen LogP contribution < -0.4 is 16.2 Å². The van der Waals surface area contributed by atoms with Crippen LogP contribution in [0.25, 0.3) is 0 Å². The molecular formula is C18H23N7O2. The molecule has 2 aromatic heterocycles. The summed E-state index contributed by atoms with van der Waals surface area (Å²) in [5.41, 5.74) is 8.16. The first kappa shape index (κ1) is 17.6. The van der Waals surface area contributed by atoms with Crippen LogP contribution in [0.3, 0.4) is 0 Å². The summed E-state index contributed by atoms with van der Waals surface area (Å²) in [6.45, 7) is 4.04. The number of hydrogen-bond donors (Lipinski definition) is 3. The SMILES string of the molecule is CC1CC(C(=O)N2CCn3nc(C(=O)NCc4ccccn4)cc3C2)NN1. The van der Waals surface area contributed by atoms with E-state index < -0.39 is 0 Å². The number of nitrogens with zero attached hydrogens (tertiary/aromatic N) is 4. The van der Waals surface area contributed by atoms with Gasteiger partial charge in [-0.2, -0.15) is 5.10 Å². The Morgan fingerprint density at radius 2 is 2.19 bits per heavy atom. The molecule has 2 aliphatic rings. The fourth-order valence-corrected chi connectivity index (χ4v) is 3.43. The monoisotopic (exact) mass is 369 g/mol. The molecule has 0 saturated carbocycles. The average Bonchev–Trinajstić information content (AvgIpc) is 3.32. The molecule has 2 unspecified atom stereocenters. The average molecular weight is 369 g/mol. The van der Waals surface area contributed by atoms with Gasteiger partial charge in [-0.15, -0.1) is 0 Å². The van der Waals surface area contributed by atoms with Crippen molar-refractivity contribution in [1.29, 1.82) is 0 Å². The van der Waals surface area contributed by atoms with E-state index in [1.54, 1.807) is 12.3 Å². The minimum atomic E-state index is -0.240. The van der Waals surface area contributed by atoms with Crippen LogP contribution in [-0.2, 0) is 24.4 Å². The predicted octanol–water partition coefficient (Wildman–Crippen LogP) is -0.195. The minimum absolute atomic E-state index is 0.0838. The summed E-state index contributed by atoms with van der Waals surface area (Å²) >= 11 is 0. The number of carbonyl (C=O) groups excluding carboxylic acids is 2. The normalized spacial score (nSPS) is 21.7. The minimum Gasteiger partial charge on any atom is -0.345 e. The van der Waals surface area contributed by atoms with E-state index in [0.717, 1.165) is 17.8 Å². The van der Waals surface area contributed by atoms with Crippen molar-refractivity contribution in [3.05, 3.63) is 47.5 Å². The second-order valence-corrected chi connectivity index (χ2v) is 6.99. The van der Waals surface area contributed by atoms with Gasteiger partial charge >= 0.3 is 0 Å². The number of hydrazine groups is 1. The smallest absolute Gasteiger partial charge is 0.272 e. The maximum absolute atomic E-state index is 12.7. The first-order chi connectivity index (χ1) is 13.1. The number of amides is 2. The second-order valence-electron chi connectivity index (χ2n) is 6.99. The molecule has 3 N–H and O–H groups in total. The van der Waals surface area contributed by atoms with Crippen LogP contribution >= 0.6 is 0 Å². The van der Waals surface area contributed by atoms with Gasteiger partial charge in [0.15, 0.2) is 5.69 Å². The number of nitrogens with one attached hydrogen (secondary N) is 3. The topological polar surface area (TPSA) is 104 Å². The summed E-state index contributed by atoms with van der Waals surface area (Å²) < 4.78 is 1.81. The van der Waals surface area contributed by atoms with Gasteiger partial charge in [-0.3, -0.25) is 24.7 Å². The van der Waals surface area contributed by atoms with E-state index in [9.17, 15) is 9.59 Å². The fraction of sp³-hybridized carbons (Fsp3) is 0.444. The second kappa shape index (κ2) is 7.45. The summed E-state index contributed by atoms with van der Waals surface area (Å²) in [5, 5.41) is 7.22. The molecule has 0 spiro atoms. The van der Waals surface area contributed by atoms with Crippen LogP contribution in [0.5, 0.6) is 0 Å². The summed E-state index contributed by atoms with van der Waals surface area (Å²) in [7, 11) is 0. The van der Waals surface area contributed by atoms with E-state index >= 15 is 0 Å². The molecule has 4 heterocycles. The third-order valence-corrected chi connectivity index (χ3v) is 4.89. The van der Waals surface area contributed by atoms with Crippen molar-refractivity contribution < 1.29 is 9.59 Å². The third-order valence-electron chi connectivity index (χ3n) is 4.89. The zero-order valence-electron chi connectivity index (χ0n) is 15.2. The molecule has 2 aliphatic heterocycles. The molecule has 0 bridgehead atoms. The maximum atomic E-state index is 12.7. The van der Waals surface area contributed by atoms with Gasteiger partial charge in [-0.1, -0.05) is 6.07 Å². The predicted molar refractivity (Wildman–Crippen MR) is 97.2 cm³/mol. The number of pyridine rings is 1. The summed E-state index contributed by atoms with van der Waals surface area (Å²) in [6, 6.07) is 7.41. The number of carbonyl (C=O) groups is 2. The standard InChI is InChI=1S/C18H23N7O2/c1-12-8-16(22-21-12)18(27)24-6-7-25-14(11-24)9-15(23-25)17(26)20-10-13-4-2-3-5-19-13/h2-5,9,12,16,21-22H,6-8,10-11H2,1H3,(H,20,26). The molecule has 0 aliphatic carbocycles. The van der Waals surface area contributed by atoms with Crippen molar-refractivity contribution >= 4 is 11.8 Å². The van der Waals surface area contributed by atoms with Crippen LogP contribution in [-0.4, -0.2) is 50.1 Å². The van der Waals surface area contributed by atoms with Gasteiger partial charge in [0.1, 0.15) is 6.04 Å². The molecule has 27 heavy (non-hydrogen) atoms. The van der Waals surface area contributed by atoms with E-state index in [1.165, 1.54) is 0 Å². The van der Waals surface area contributed by atoms with Gasteiger partial charge in [0.2, 0.25) is 5.91 Å². The molecule has 9 heteroatoms. The highest BCUT2D eigenvalue weighted by Crippen LogP contribution is 2.17. The van der Waals surface area contributed by atoms with Crippen LogP contribution in [0, 0.1) is 0 Å². The van der Waals surface area contributed by atoms with E-state index in [-0.39, 0.29) is 23.9 Å². The van der Waals surface area contributed by atoms with Crippen molar-refractivity contribution in [2.75, 3.05) is 6.54 Å². The van der Waals surface area contributed by atoms with Crippen molar-refractivity contribution in [2.24, 2.45) is 0 Å². The zero-order chi connectivity index (χ0) is 18.8. The zero-order valence-corrected chi connectivity index (χ0v) is 15.2. The molecule has 0 radical (unpaired) electrons. The summed E-state index contributed by atoms with van der Waals surface area (Å²) in [6.07, 6.45) is 2.47. The fourth-order valence-electron chi connectivity index (χ4n) is 3.43. The number of rotatable bonds is 4. The Hall–Kier alpha value is -2.78. The molecule has 2 amide bonds. The maximum Gasteiger partial charge on any atom is 0.272 e. The van der Waals surface area contributed by atoms with E-state index in [0.29, 0.717) is 31.9 Å². The first-order valence-corrected chi connectivity index (χ1v) is 9.15. The Labute approximate surface area is 157 Å². The van der Waals surface area contributed by atoms with Gasteiger partial charge in [0.05, 0.1) is 31.0 Å². The summed E-state index contributed by atoms with van der Waals surface area (Å²) in [5.74, 6) is -0.156. The molecule has 4 rings (SSSR count). The van der Waals surface area contributed by atoms with Gasteiger partial charge in [0.25, 0.3) is 5.91 Å². The highest BCUT2D eigenvalue weighted by molar-refractivity contribution is 5.92. The number of hydrogen-bond acceptors (Lipinski definition) is 6.